The SMILES string of the molecule is CCNCC(Cc1ccc(Cl)c(Cl)c1)c1ccc(F)cc1. The van der Waals surface area contributed by atoms with Crippen molar-refractivity contribution in [2.75, 3.05) is 13.1 Å². The normalized spacial score (nSPS) is 12.4. The molecule has 112 valence electrons. The van der Waals surface area contributed by atoms with Crippen molar-refractivity contribution in [1.82, 2.24) is 5.32 Å². The summed E-state index contributed by atoms with van der Waals surface area (Å²) in [7, 11) is 0. The van der Waals surface area contributed by atoms with Crippen LogP contribution < -0.4 is 5.32 Å². The van der Waals surface area contributed by atoms with Crippen molar-refractivity contribution < 1.29 is 4.39 Å². The first-order chi connectivity index (χ1) is 10.1. The van der Waals surface area contributed by atoms with E-state index in [-0.39, 0.29) is 11.7 Å². The fourth-order valence-corrected chi connectivity index (χ4v) is 2.63. The molecule has 0 aliphatic heterocycles. The molecule has 0 amide bonds. The molecule has 21 heavy (non-hydrogen) atoms. The highest BCUT2D eigenvalue weighted by Crippen LogP contribution is 2.26. The molecule has 2 rings (SSSR count). The van der Waals surface area contributed by atoms with Gasteiger partial charge in [0, 0.05) is 12.5 Å². The Bertz CT molecular complexity index is 584. The third-order valence-corrected chi connectivity index (χ3v) is 4.19. The Hall–Kier alpha value is -1.09. The van der Waals surface area contributed by atoms with Gasteiger partial charge in [-0.05, 0) is 48.4 Å². The minimum absolute atomic E-state index is 0.213. The van der Waals surface area contributed by atoms with Crippen LogP contribution in [-0.4, -0.2) is 13.1 Å². The predicted molar refractivity (Wildman–Crippen MR) is 87.9 cm³/mol. The van der Waals surface area contributed by atoms with Crippen LogP contribution in [0.1, 0.15) is 24.0 Å². The number of likely N-dealkylation sites (N-methyl/N-ethyl adjacent to an activating group) is 1. The van der Waals surface area contributed by atoms with E-state index < -0.39 is 0 Å². The van der Waals surface area contributed by atoms with E-state index in [0.29, 0.717) is 10.0 Å². The van der Waals surface area contributed by atoms with Crippen LogP contribution in [0.4, 0.5) is 4.39 Å². The molecular formula is C17H18Cl2FN. The van der Waals surface area contributed by atoms with E-state index in [0.717, 1.165) is 30.6 Å². The maximum Gasteiger partial charge on any atom is 0.123 e. The zero-order valence-electron chi connectivity index (χ0n) is 11.9. The van der Waals surface area contributed by atoms with Crippen molar-refractivity contribution in [2.24, 2.45) is 0 Å². The lowest BCUT2D eigenvalue weighted by molar-refractivity contribution is 0.590. The van der Waals surface area contributed by atoms with Crippen LogP contribution >= 0.6 is 23.2 Å². The summed E-state index contributed by atoms with van der Waals surface area (Å²) in [5.74, 6) is 0.0540. The summed E-state index contributed by atoms with van der Waals surface area (Å²) in [6, 6.07) is 12.4. The molecular weight excluding hydrogens is 308 g/mol. The molecule has 0 heterocycles. The summed E-state index contributed by atoms with van der Waals surface area (Å²) in [5.41, 5.74) is 2.24. The molecule has 2 aromatic carbocycles. The minimum atomic E-state index is -0.213. The Kier molecular flexibility index (Phi) is 6.04. The van der Waals surface area contributed by atoms with Crippen LogP contribution in [0.15, 0.2) is 42.5 Å². The van der Waals surface area contributed by atoms with Gasteiger partial charge >= 0.3 is 0 Å². The van der Waals surface area contributed by atoms with Gasteiger partial charge in [0.05, 0.1) is 10.0 Å². The Morgan fingerprint density at radius 1 is 1.05 bits per heavy atom. The van der Waals surface area contributed by atoms with Gasteiger partial charge in [-0.1, -0.05) is 48.3 Å². The third-order valence-electron chi connectivity index (χ3n) is 3.45. The average molecular weight is 326 g/mol. The number of rotatable bonds is 6. The summed E-state index contributed by atoms with van der Waals surface area (Å²) in [4.78, 5) is 0. The van der Waals surface area contributed by atoms with Crippen LogP contribution in [0.5, 0.6) is 0 Å². The van der Waals surface area contributed by atoms with E-state index in [1.807, 2.05) is 30.3 Å². The quantitative estimate of drug-likeness (QED) is 0.782. The second-order valence-electron chi connectivity index (χ2n) is 5.01. The Balaban J connectivity index is 2.19. The van der Waals surface area contributed by atoms with Gasteiger partial charge in [0.1, 0.15) is 5.82 Å². The van der Waals surface area contributed by atoms with E-state index in [1.165, 1.54) is 12.1 Å². The predicted octanol–water partition coefficient (Wildman–Crippen LogP) is 5.07. The van der Waals surface area contributed by atoms with Crippen LogP contribution in [-0.2, 0) is 6.42 Å². The molecule has 4 heteroatoms. The molecule has 1 nitrogen and oxygen atoms in total. The first kappa shape index (κ1) is 16.3. The molecule has 0 spiro atoms. The van der Waals surface area contributed by atoms with Crippen molar-refractivity contribution in [3.63, 3.8) is 0 Å². The number of hydrogen-bond donors (Lipinski definition) is 1. The van der Waals surface area contributed by atoms with Crippen molar-refractivity contribution in [3.8, 4) is 0 Å². The standard InChI is InChI=1S/C17H18Cl2FN/c1-2-21-11-14(13-4-6-15(20)7-5-13)9-12-3-8-16(18)17(19)10-12/h3-8,10,14,21H,2,9,11H2,1H3. The minimum Gasteiger partial charge on any atom is -0.316 e. The fourth-order valence-electron chi connectivity index (χ4n) is 2.31. The number of hydrogen-bond acceptors (Lipinski definition) is 1. The highest BCUT2D eigenvalue weighted by molar-refractivity contribution is 6.42. The second kappa shape index (κ2) is 7.79. The van der Waals surface area contributed by atoms with Crippen molar-refractivity contribution in [2.45, 2.75) is 19.3 Å². The molecule has 0 aromatic heterocycles. The number of benzene rings is 2. The molecule has 0 aliphatic carbocycles. The van der Waals surface area contributed by atoms with Crippen molar-refractivity contribution in [1.29, 1.82) is 0 Å². The topological polar surface area (TPSA) is 12.0 Å². The van der Waals surface area contributed by atoms with Gasteiger partial charge < -0.3 is 5.32 Å². The lowest BCUT2D eigenvalue weighted by atomic mass is 9.92. The summed E-state index contributed by atoms with van der Waals surface area (Å²) in [6.45, 7) is 3.81. The van der Waals surface area contributed by atoms with Crippen LogP contribution in [0, 0.1) is 5.82 Å². The van der Waals surface area contributed by atoms with Crippen LogP contribution in [0.25, 0.3) is 0 Å². The lowest BCUT2D eigenvalue weighted by Gasteiger charge is -2.18. The van der Waals surface area contributed by atoms with E-state index >= 15 is 0 Å². The molecule has 0 aliphatic rings. The highest BCUT2D eigenvalue weighted by Gasteiger charge is 2.13. The molecule has 0 bridgehead atoms. The number of nitrogens with one attached hydrogen (secondary N) is 1. The zero-order valence-corrected chi connectivity index (χ0v) is 13.4. The smallest absolute Gasteiger partial charge is 0.123 e. The van der Waals surface area contributed by atoms with Gasteiger partial charge in [-0.25, -0.2) is 4.39 Å². The highest BCUT2D eigenvalue weighted by atomic mass is 35.5. The fraction of sp³-hybridized carbons (Fsp3) is 0.294. The summed E-state index contributed by atoms with van der Waals surface area (Å²) < 4.78 is 13.1. The molecule has 1 unspecified atom stereocenters. The first-order valence-electron chi connectivity index (χ1n) is 7.00. The molecule has 0 radical (unpaired) electrons. The first-order valence-corrected chi connectivity index (χ1v) is 7.76. The van der Waals surface area contributed by atoms with Crippen LogP contribution in [0.3, 0.4) is 0 Å². The largest absolute Gasteiger partial charge is 0.316 e. The van der Waals surface area contributed by atoms with Gasteiger partial charge in [0.25, 0.3) is 0 Å². The molecule has 1 N–H and O–H groups in total. The second-order valence-corrected chi connectivity index (χ2v) is 5.82. The Labute approximate surface area is 135 Å². The summed E-state index contributed by atoms with van der Waals surface area (Å²) in [6.07, 6.45) is 0.829. The van der Waals surface area contributed by atoms with Gasteiger partial charge in [-0.2, -0.15) is 0 Å². The average Bonchev–Trinajstić information content (AvgIpc) is 2.48. The van der Waals surface area contributed by atoms with E-state index in [9.17, 15) is 4.39 Å². The molecule has 0 fully saturated rings. The van der Waals surface area contributed by atoms with Gasteiger partial charge in [0.2, 0.25) is 0 Å². The van der Waals surface area contributed by atoms with Gasteiger partial charge in [0.15, 0.2) is 0 Å². The van der Waals surface area contributed by atoms with Crippen molar-refractivity contribution >= 4 is 23.2 Å². The van der Waals surface area contributed by atoms with E-state index in [2.05, 4.69) is 12.2 Å². The summed E-state index contributed by atoms with van der Waals surface area (Å²) in [5, 5.41) is 4.48. The molecule has 0 saturated carbocycles. The monoisotopic (exact) mass is 325 g/mol. The maximum atomic E-state index is 13.1. The van der Waals surface area contributed by atoms with Gasteiger partial charge in [-0.15, -0.1) is 0 Å². The lowest BCUT2D eigenvalue weighted by Crippen LogP contribution is -2.22. The molecule has 0 saturated heterocycles. The zero-order chi connectivity index (χ0) is 15.2. The number of halogens is 3. The van der Waals surface area contributed by atoms with Crippen molar-refractivity contribution in [3.05, 3.63) is 69.5 Å². The van der Waals surface area contributed by atoms with E-state index in [4.69, 9.17) is 23.2 Å². The molecule has 2 aromatic rings. The van der Waals surface area contributed by atoms with E-state index in [1.54, 1.807) is 0 Å². The Morgan fingerprint density at radius 3 is 2.38 bits per heavy atom. The Morgan fingerprint density at radius 2 is 1.76 bits per heavy atom. The third kappa shape index (κ3) is 4.70. The maximum absolute atomic E-state index is 13.1. The summed E-state index contributed by atoms with van der Waals surface area (Å²) >= 11 is 12.0. The van der Waals surface area contributed by atoms with Crippen LogP contribution in [0.2, 0.25) is 10.0 Å². The molecule has 1 atom stereocenters. The van der Waals surface area contributed by atoms with Gasteiger partial charge in [-0.3, -0.25) is 0 Å².